The van der Waals surface area contributed by atoms with Gasteiger partial charge in [-0.2, -0.15) is 4.98 Å². The highest BCUT2D eigenvalue weighted by atomic mass is 35.5. The molecule has 2 aromatic rings. The van der Waals surface area contributed by atoms with E-state index in [1.54, 1.807) is 6.07 Å². The van der Waals surface area contributed by atoms with Gasteiger partial charge in [-0.05, 0) is 37.6 Å². The summed E-state index contributed by atoms with van der Waals surface area (Å²) < 4.78 is 5.92. The number of aromatic nitrogens is 2. The third-order valence-electron chi connectivity index (χ3n) is 3.15. The van der Waals surface area contributed by atoms with Crippen LogP contribution < -0.4 is 10.5 Å². The van der Waals surface area contributed by atoms with Crippen LogP contribution >= 0.6 is 11.6 Å². The van der Waals surface area contributed by atoms with Crippen molar-refractivity contribution < 1.29 is 4.74 Å². The lowest BCUT2D eigenvalue weighted by Gasteiger charge is -2.19. The normalized spacial score (nSPS) is 11.5. The fourth-order valence-corrected chi connectivity index (χ4v) is 2.01. The van der Waals surface area contributed by atoms with Gasteiger partial charge in [0.2, 0.25) is 5.88 Å². The summed E-state index contributed by atoms with van der Waals surface area (Å²) in [5, 5.41) is 0.675. The standard InChI is InChI=1S/C16H20ClN3O/c1-9-8-11(17)6-7-12(9)21-14-10(2)13(18)19-15(20-14)16(3,4)5/h6-8H,1-5H3,(H2,18,19,20). The van der Waals surface area contributed by atoms with Gasteiger partial charge in [-0.1, -0.05) is 32.4 Å². The second-order valence-corrected chi connectivity index (χ2v) is 6.56. The first-order valence-corrected chi connectivity index (χ1v) is 7.15. The Morgan fingerprint density at radius 2 is 1.81 bits per heavy atom. The second kappa shape index (κ2) is 5.53. The molecule has 1 aromatic heterocycles. The lowest BCUT2D eigenvalue weighted by molar-refractivity contribution is 0.440. The van der Waals surface area contributed by atoms with Crippen LogP contribution in [0.2, 0.25) is 5.02 Å². The van der Waals surface area contributed by atoms with Crippen LogP contribution in [-0.2, 0) is 5.41 Å². The van der Waals surface area contributed by atoms with Crippen LogP contribution in [0.5, 0.6) is 11.6 Å². The summed E-state index contributed by atoms with van der Waals surface area (Å²) in [6.45, 7) is 9.89. The maximum atomic E-state index is 5.98. The van der Waals surface area contributed by atoms with E-state index in [9.17, 15) is 0 Å². The van der Waals surface area contributed by atoms with Crippen molar-refractivity contribution in [2.75, 3.05) is 5.73 Å². The first-order chi connectivity index (χ1) is 9.68. The largest absolute Gasteiger partial charge is 0.438 e. The first-order valence-electron chi connectivity index (χ1n) is 6.77. The number of hydrogen-bond donors (Lipinski definition) is 1. The lowest BCUT2D eigenvalue weighted by Crippen LogP contribution is -2.18. The van der Waals surface area contributed by atoms with E-state index in [4.69, 9.17) is 22.1 Å². The van der Waals surface area contributed by atoms with E-state index in [2.05, 4.69) is 9.97 Å². The Balaban J connectivity index is 2.46. The molecule has 1 heterocycles. The van der Waals surface area contributed by atoms with Crippen molar-refractivity contribution >= 4 is 17.4 Å². The molecule has 0 radical (unpaired) electrons. The molecule has 0 saturated carbocycles. The molecule has 0 spiro atoms. The molecule has 0 aliphatic heterocycles. The zero-order chi connectivity index (χ0) is 15.8. The number of halogens is 1. The van der Waals surface area contributed by atoms with Gasteiger partial charge >= 0.3 is 0 Å². The Kier molecular flexibility index (Phi) is 4.10. The molecule has 0 amide bonds. The zero-order valence-corrected chi connectivity index (χ0v) is 13.7. The number of nitrogen functional groups attached to an aromatic ring is 1. The van der Waals surface area contributed by atoms with Gasteiger partial charge in [0, 0.05) is 10.4 Å². The molecule has 0 saturated heterocycles. The van der Waals surface area contributed by atoms with Crippen molar-refractivity contribution in [2.24, 2.45) is 0 Å². The number of hydrogen-bond acceptors (Lipinski definition) is 4. The van der Waals surface area contributed by atoms with Gasteiger partial charge in [-0.25, -0.2) is 4.98 Å². The Morgan fingerprint density at radius 3 is 2.38 bits per heavy atom. The van der Waals surface area contributed by atoms with Gasteiger partial charge in [-0.3, -0.25) is 0 Å². The highest BCUT2D eigenvalue weighted by molar-refractivity contribution is 6.30. The average molecular weight is 306 g/mol. The molecule has 2 rings (SSSR count). The Labute approximate surface area is 130 Å². The Hall–Kier alpha value is -1.81. The zero-order valence-electron chi connectivity index (χ0n) is 13.0. The number of benzene rings is 1. The molecule has 1 aromatic carbocycles. The molecule has 5 heteroatoms. The van der Waals surface area contributed by atoms with Gasteiger partial charge in [-0.15, -0.1) is 0 Å². The molecule has 0 aliphatic rings. The monoisotopic (exact) mass is 305 g/mol. The molecular weight excluding hydrogens is 286 g/mol. The summed E-state index contributed by atoms with van der Waals surface area (Å²) in [4.78, 5) is 8.87. The molecular formula is C16H20ClN3O. The Bertz CT molecular complexity index is 678. The predicted octanol–water partition coefficient (Wildman–Crippen LogP) is 4.42. The van der Waals surface area contributed by atoms with E-state index in [1.807, 2.05) is 46.8 Å². The van der Waals surface area contributed by atoms with Gasteiger partial charge in [0.05, 0.1) is 5.56 Å². The first kappa shape index (κ1) is 15.6. The van der Waals surface area contributed by atoms with Crippen LogP contribution in [0.4, 0.5) is 5.82 Å². The van der Waals surface area contributed by atoms with E-state index in [0.717, 1.165) is 11.1 Å². The summed E-state index contributed by atoms with van der Waals surface area (Å²) in [5.74, 6) is 2.29. The number of aryl methyl sites for hydroxylation is 1. The van der Waals surface area contributed by atoms with Crippen molar-refractivity contribution in [1.29, 1.82) is 0 Å². The lowest BCUT2D eigenvalue weighted by atomic mass is 9.95. The van der Waals surface area contributed by atoms with Crippen molar-refractivity contribution in [1.82, 2.24) is 9.97 Å². The number of ether oxygens (including phenoxy) is 1. The smallest absolute Gasteiger partial charge is 0.227 e. The molecule has 21 heavy (non-hydrogen) atoms. The van der Waals surface area contributed by atoms with E-state index < -0.39 is 0 Å². The molecule has 0 fully saturated rings. The fraction of sp³-hybridized carbons (Fsp3) is 0.375. The fourth-order valence-electron chi connectivity index (χ4n) is 1.78. The van der Waals surface area contributed by atoms with Gasteiger partial charge < -0.3 is 10.5 Å². The van der Waals surface area contributed by atoms with E-state index >= 15 is 0 Å². The molecule has 2 N–H and O–H groups in total. The quantitative estimate of drug-likeness (QED) is 0.892. The third kappa shape index (κ3) is 3.45. The molecule has 0 unspecified atom stereocenters. The van der Waals surface area contributed by atoms with Crippen molar-refractivity contribution in [2.45, 2.75) is 40.0 Å². The van der Waals surface area contributed by atoms with Gasteiger partial charge in [0.25, 0.3) is 0 Å². The van der Waals surface area contributed by atoms with Crippen LogP contribution in [0.15, 0.2) is 18.2 Å². The summed E-state index contributed by atoms with van der Waals surface area (Å²) in [5.41, 5.74) is 7.46. The van der Waals surface area contributed by atoms with Crippen LogP contribution in [0.3, 0.4) is 0 Å². The second-order valence-electron chi connectivity index (χ2n) is 6.12. The number of nitrogens with zero attached hydrogens (tertiary/aromatic N) is 2. The maximum absolute atomic E-state index is 5.98. The molecule has 0 bridgehead atoms. The van der Waals surface area contributed by atoms with Crippen LogP contribution in [0.1, 0.15) is 37.7 Å². The topological polar surface area (TPSA) is 61.0 Å². The molecule has 112 valence electrons. The van der Waals surface area contributed by atoms with E-state index in [1.165, 1.54) is 0 Å². The Morgan fingerprint density at radius 1 is 1.14 bits per heavy atom. The molecule has 4 nitrogen and oxygen atoms in total. The third-order valence-corrected chi connectivity index (χ3v) is 3.39. The number of anilines is 1. The van der Waals surface area contributed by atoms with Crippen LogP contribution in [0.25, 0.3) is 0 Å². The average Bonchev–Trinajstić information content (AvgIpc) is 2.36. The summed E-state index contributed by atoms with van der Waals surface area (Å²) >= 11 is 5.96. The van der Waals surface area contributed by atoms with E-state index in [-0.39, 0.29) is 5.41 Å². The molecule has 0 atom stereocenters. The summed E-state index contributed by atoms with van der Waals surface area (Å²) in [6, 6.07) is 5.46. The highest BCUT2D eigenvalue weighted by Crippen LogP contribution is 2.31. The minimum absolute atomic E-state index is 0.199. The summed E-state index contributed by atoms with van der Waals surface area (Å²) in [7, 11) is 0. The summed E-state index contributed by atoms with van der Waals surface area (Å²) in [6.07, 6.45) is 0. The van der Waals surface area contributed by atoms with Crippen molar-refractivity contribution in [3.05, 3.63) is 40.2 Å². The van der Waals surface area contributed by atoms with Crippen molar-refractivity contribution in [3.63, 3.8) is 0 Å². The van der Waals surface area contributed by atoms with Crippen LogP contribution in [0, 0.1) is 13.8 Å². The number of rotatable bonds is 2. The number of nitrogens with two attached hydrogens (primary N) is 1. The van der Waals surface area contributed by atoms with Gasteiger partial charge in [0.1, 0.15) is 17.4 Å². The molecule has 0 aliphatic carbocycles. The van der Waals surface area contributed by atoms with Crippen molar-refractivity contribution in [3.8, 4) is 11.6 Å². The SMILES string of the molecule is Cc1cc(Cl)ccc1Oc1nc(C(C)(C)C)nc(N)c1C. The predicted molar refractivity (Wildman–Crippen MR) is 86.1 cm³/mol. The van der Waals surface area contributed by atoms with E-state index in [0.29, 0.717) is 28.3 Å². The minimum Gasteiger partial charge on any atom is -0.438 e. The minimum atomic E-state index is -0.199. The maximum Gasteiger partial charge on any atom is 0.227 e. The highest BCUT2D eigenvalue weighted by Gasteiger charge is 2.21. The van der Waals surface area contributed by atoms with Gasteiger partial charge in [0.15, 0.2) is 0 Å². The van der Waals surface area contributed by atoms with Crippen LogP contribution in [-0.4, -0.2) is 9.97 Å².